The maximum atomic E-state index is 12.6. The van der Waals surface area contributed by atoms with E-state index in [0.29, 0.717) is 21.5 Å². The molecule has 2 aromatic carbocycles. The van der Waals surface area contributed by atoms with E-state index in [2.05, 4.69) is 18.6 Å². The van der Waals surface area contributed by atoms with Gasteiger partial charge in [-0.1, -0.05) is 73.4 Å². The molecule has 1 unspecified atom stereocenters. The lowest BCUT2D eigenvalue weighted by Crippen LogP contribution is -2.30. The Morgan fingerprint density at radius 3 is 2.25 bits per heavy atom. The monoisotopic (exact) mass is 385 g/mol. The number of halogens is 2. The molecule has 0 saturated carbocycles. The molecule has 1 atom stereocenters. The molecule has 2 rings (SSSR count). The van der Waals surface area contributed by atoms with Crippen molar-refractivity contribution in [1.29, 1.82) is 0 Å². The molecule has 130 valence electrons. The van der Waals surface area contributed by atoms with Crippen molar-refractivity contribution in [2.75, 3.05) is 0 Å². The maximum absolute atomic E-state index is 12.6. The standard InChI is InChI=1S/C18H21Cl2NO2S/c1-13(2)10-18(15-6-4-3-5-7-15)21-24(22,23)12-14-8-9-16(19)17(20)11-14/h3-9,11,13,18,21H,10,12H2,1-2H3. The lowest BCUT2D eigenvalue weighted by Gasteiger charge is -2.21. The SMILES string of the molecule is CC(C)CC(NS(=O)(=O)Cc1ccc(Cl)c(Cl)c1)c1ccccc1. The van der Waals surface area contributed by atoms with E-state index < -0.39 is 10.0 Å². The molecule has 6 heteroatoms. The second-order valence-electron chi connectivity index (χ2n) is 6.22. The van der Waals surface area contributed by atoms with Crippen LogP contribution in [0, 0.1) is 5.92 Å². The summed E-state index contributed by atoms with van der Waals surface area (Å²) in [4.78, 5) is 0. The number of nitrogens with one attached hydrogen (secondary N) is 1. The van der Waals surface area contributed by atoms with E-state index in [1.165, 1.54) is 0 Å². The van der Waals surface area contributed by atoms with Crippen LogP contribution in [0.25, 0.3) is 0 Å². The first kappa shape index (κ1) is 19.3. The highest BCUT2D eigenvalue weighted by Crippen LogP contribution is 2.25. The van der Waals surface area contributed by atoms with E-state index in [1.807, 2.05) is 30.3 Å². The van der Waals surface area contributed by atoms with Crippen molar-refractivity contribution in [3.05, 3.63) is 69.7 Å². The molecule has 0 heterocycles. The molecular formula is C18H21Cl2NO2S. The van der Waals surface area contributed by atoms with Crippen LogP contribution < -0.4 is 4.72 Å². The Labute approximate surface area is 154 Å². The van der Waals surface area contributed by atoms with Crippen LogP contribution in [0.3, 0.4) is 0 Å². The van der Waals surface area contributed by atoms with Gasteiger partial charge in [0.05, 0.1) is 15.8 Å². The third kappa shape index (κ3) is 5.78. The number of benzene rings is 2. The molecule has 0 fully saturated rings. The van der Waals surface area contributed by atoms with Gasteiger partial charge in [0.25, 0.3) is 0 Å². The van der Waals surface area contributed by atoms with Crippen LogP contribution in [0.15, 0.2) is 48.5 Å². The Hall–Kier alpha value is -1.07. The van der Waals surface area contributed by atoms with Gasteiger partial charge in [-0.05, 0) is 35.6 Å². The lowest BCUT2D eigenvalue weighted by atomic mass is 9.98. The van der Waals surface area contributed by atoms with Gasteiger partial charge in [-0.3, -0.25) is 0 Å². The summed E-state index contributed by atoms with van der Waals surface area (Å²) in [7, 11) is -3.51. The van der Waals surface area contributed by atoms with Crippen molar-refractivity contribution in [1.82, 2.24) is 4.72 Å². The van der Waals surface area contributed by atoms with E-state index in [4.69, 9.17) is 23.2 Å². The molecule has 0 aromatic heterocycles. The number of rotatable bonds is 7. The van der Waals surface area contributed by atoms with Crippen molar-refractivity contribution in [3.8, 4) is 0 Å². The summed E-state index contributed by atoms with van der Waals surface area (Å²) in [5.41, 5.74) is 1.57. The summed E-state index contributed by atoms with van der Waals surface area (Å²) in [6.45, 7) is 4.15. The largest absolute Gasteiger partial charge is 0.216 e. The molecule has 0 aliphatic heterocycles. The smallest absolute Gasteiger partial charge is 0.212 e. The second-order valence-corrected chi connectivity index (χ2v) is 8.79. The van der Waals surface area contributed by atoms with E-state index in [0.717, 1.165) is 12.0 Å². The van der Waals surface area contributed by atoms with E-state index in [9.17, 15) is 8.42 Å². The van der Waals surface area contributed by atoms with Gasteiger partial charge in [-0.2, -0.15) is 0 Å². The fourth-order valence-corrected chi connectivity index (χ4v) is 4.20. The first-order chi connectivity index (χ1) is 11.3. The molecular weight excluding hydrogens is 365 g/mol. The normalized spacial score (nSPS) is 13.2. The highest BCUT2D eigenvalue weighted by molar-refractivity contribution is 7.88. The van der Waals surface area contributed by atoms with Gasteiger partial charge >= 0.3 is 0 Å². The van der Waals surface area contributed by atoms with Gasteiger partial charge < -0.3 is 0 Å². The molecule has 0 aliphatic rings. The summed E-state index contributed by atoms with van der Waals surface area (Å²) in [5, 5.41) is 0.763. The molecule has 0 bridgehead atoms. The summed E-state index contributed by atoms with van der Waals surface area (Å²) in [5.74, 6) is 0.230. The predicted molar refractivity (Wildman–Crippen MR) is 101 cm³/mol. The van der Waals surface area contributed by atoms with Crippen LogP contribution >= 0.6 is 23.2 Å². The van der Waals surface area contributed by atoms with Gasteiger partial charge in [0, 0.05) is 6.04 Å². The highest BCUT2D eigenvalue weighted by atomic mass is 35.5. The van der Waals surface area contributed by atoms with Crippen LogP contribution in [0.1, 0.15) is 37.4 Å². The highest BCUT2D eigenvalue weighted by Gasteiger charge is 2.21. The first-order valence-corrected chi connectivity index (χ1v) is 10.2. The van der Waals surface area contributed by atoms with Crippen molar-refractivity contribution in [3.63, 3.8) is 0 Å². The Kier molecular flexibility index (Phi) is 6.70. The second kappa shape index (κ2) is 8.34. The zero-order valence-corrected chi connectivity index (χ0v) is 16.0. The number of sulfonamides is 1. The predicted octanol–water partition coefficient (Wildman–Crippen LogP) is 5.20. The Bertz CT molecular complexity index is 777. The number of hydrogen-bond acceptors (Lipinski definition) is 2. The van der Waals surface area contributed by atoms with Crippen molar-refractivity contribution in [2.24, 2.45) is 5.92 Å². The zero-order valence-electron chi connectivity index (χ0n) is 13.7. The topological polar surface area (TPSA) is 46.2 Å². The van der Waals surface area contributed by atoms with Gasteiger partial charge in [-0.25, -0.2) is 13.1 Å². The lowest BCUT2D eigenvalue weighted by molar-refractivity contribution is 0.472. The number of hydrogen-bond donors (Lipinski definition) is 1. The Morgan fingerprint density at radius 1 is 1.00 bits per heavy atom. The third-order valence-electron chi connectivity index (χ3n) is 3.57. The van der Waals surface area contributed by atoms with Gasteiger partial charge in [-0.15, -0.1) is 0 Å². The minimum absolute atomic E-state index is 0.134. The van der Waals surface area contributed by atoms with Crippen LogP contribution in [-0.2, 0) is 15.8 Å². The van der Waals surface area contributed by atoms with E-state index >= 15 is 0 Å². The summed E-state index contributed by atoms with van der Waals surface area (Å²) < 4.78 is 28.0. The minimum atomic E-state index is -3.51. The van der Waals surface area contributed by atoms with Crippen molar-refractivity contribution < 1.29 is 8.42 Å². The summed E-state index contributed by atoms with van der Waals surface area (Å²) in [6.07, 6.45) is 0.727. The quantitative estimate of drug-likeness (QED) is 0.711. The fourth-order valence-electron chi connectivity index (χ4n) is 2.52. The molecule has 0 radical (unpaired) electrons. The van der Waals surface area contributed by atoms with Crippen LogP contribution in [-0.4, -0.2) is 8.42 Å². The molecule has 2 aromatic rings. The third-order valence-corrected chi connectivity index (χ3v) is 5.67. The molecule has 0 aliphatic carbocycles. The molecule has 1 N–H and O–H groups in total. The zero-order chi connectivity index (χ0) is 17.7. The molecule has 0 spiro atoms. The fraction of sp³-hybridized carbons (Fsp3) is 0.333. The average molecular weight is 386 g/mol. The summed E-state index contributed by atoms with van der Waals surface area (Å²) >= 11 is 11.8. The van der Waals surface area contributed by atoms with Crippen LogP contribution in [0.2, 0.25) is 10.0 Å². The molecule has 0 saturated heterocycles. The average Bonchev–Trinajstić information content (AvgIpc) is 2.50. The Balaban J connectivity index is 2.18. The van der Waals surface area contributed by atoms with Gasteiger partial charge in [0.15, 0.2) is 0 Å². The molecule has 24 heavy (non-hydrogen) atoms. The Morgan fingerprint density at radius 2 is 1.67 bits per heavy atom. The van der Waals surface area contributed by atoms with Gasteiger partial charge in [0.2, 0.25) is 10.0 Å². The van der Waals surface area contributed by atoms with Crippen LogP contribution in [0.4, 0.5) is 0 Å². The summed E-state index contributed by atoms with van der Waals surface area (Å²) in [6, 6.07) is 14.2. The molecule has 3 nitrogen and oxygen atoms in total. The van der Waals surface area contributed by atoms with E-state index in [1.54, 1.807) is 18.2 Å². The van der Waals surface area contributed by atoms with Crippen LogP contribution in [0.5, 0.6) is 0 Å². The van der Waals surface area contributed by atoms with Crippen molar-refractivity contribution >= 4 is 33.2 Å². The minimum Gasteiger partial charge on any atom is -0.212 e. The van der Waals surface area contributed by atoms with Gasteiger partial charge in [0.1, 0.15) is 0 Å². The first-order valence-electron chi connectivity index (χ1n) is 7.75. The maximum Gasteiger partial charge on any atom is 0.216 e. The molecule has 0 amide bonds. The van der Waals surface area contributed by atoms with E-state index in [-0.39, 0.29) is 11.8 Å². The van der Waals surface area contributed by atoms with Crippen molar-refractivity contribution in [2.45, 2.75) is 32.1 Å².